The Morgan fingerprint density at radius 1 is 1.38 bits per heavy atom. The molecule has 1 aromatic carbocycles. The Morgan fingerprint density at radius 3 is 2.54 bits per heavy atom. The van der Waals surface area contributed by atoms with Gasteiger partial charge in [0.15, 0.2) is 0 Å². The van der Waals surface area contributed by atoms with Gasteiger partial charge in [0, 0.05) is 0 Å². The van der Waals surface area contributed by atoms with Gasteiger partial charge < -0.3 is 5.11 Å². The van der Waals surface area contributed by atoms with Crippen LogP contribution in [0.25, 0.3) is 6.08 Å². The number of aliphatic hydroxyl groups excluding tert-OH is 1. The molecule has 1 atom stereocenters. The Kier molecular flexibility index (Phi) is 3.71. The van der Waals surface area contributed by atoms with Gasteiger partial charge in [0.05, 0.1) is 6.10 Å². The summed E-state index contributed by atoms with van der Waals surface area (Å²) in [7, 11) is 0. The number of hydrogen-bond donors (Lipinski definition) is 1. The average molecular weight is 176 g/mol. The molecule has 0 saturated heterocycles. The molecular weight excluding hydrogens is 160 g/mol. The van der Waals surface area contributed by atoms with Crippen molar-refractivity contribution < 1.29 is 5.11 Å². The maximum absolute atomic E-state index is 9.52. The molecule has 0 spiro atoms. The molecule has 0 saturated carbocycles. The highest BCUT2D eigenvalue weighted by Gasteiger charge is 2.01. The second-order valence-corrected chi connectivity index (χ2v) is 3.22. The molecule has 0 aliphatic heterocycles. The minimum Gasteiger partial charge on any atom is -0.389 e. The summed E-state index contributed by atoms with van der Waals surface area (Å²) in [5.74, 6) is 0. The van der Waals surface area contributed by atoms with E-state index in [1.165, 1.54) is 0 Å². The number of benzene rings is 1. The van der Waals surface area contributed by atoms with Crippen LogP contribution in [0.4, 0.5) is 0 Å². The molecule has 70 valence electrons. The molecule has 0 aliphatic rings. The van der Waals surface area contributed by atoms with Crippen LogP contribution in [0.3, 0.4) is 0 Å². The third kappa shape index (κ3) is 3.03. The third-order valence-electron chi connectivity index (χ3n) is 2.11. The van der Waals surface area contributed by atoms with Crippen LogP contribution in [0.5, 0.6) is 0 Å². The van der Waals surface area contributed by atoms with Gasteiger partial charge in [0.25, 0.3) is 0 Å². The zero-order chi connectivity index (χ0) is 9.68. The van der Waals surface area contributed by atoms with Crippen LogP contribution in [0.15, 0.2) is 35.9 Å². The molecule has 1 heteroatoms. The average Bonchev–Trinajstić information content (AvgIpc) is 2.18. The second kappa shape index (κ2) is 4.83. The third-order valence-corrected chi connectivity index (χ3v) is 2.11. The van der Waals surface area contributed by atoms with Gasteiger partial charge >= 0.3 is 0 Å². The first-order valence-electron chi connectivity index (χ1n) is 4.65. The van der Waals surface area contributed by atoms with Crippen molar-refractivity contribution in [3.8, 4) is 0 Å². The molecule has 0 unspecified atom stereocenters. The summed E-state index contributed by atoms with van der Waals surface area (Å²) >= 11 is 0. The molecular formula is C12H16O. The standard InChI is InChI=1S/C12H16O/c1-3-12(13)10(2)9-11-7-5-4-6-8-11/h4-9,12-13H,3H2,1-2H3/t12-/m1/s1. The normalized spacial score (nSPS) is 14.2. The van der Waals surface area contributed by atoms with Gasteiger partial charge in [-0.2, -0.15) is 0 Å². The largest absolute Gasteiger partial charge is 0.389 e. The monoisotopic (exact) mass is 176 g/mol. The summed E-state index contributed by atoms with van der Waals surface area (Å²) in [5.41, 5.74) is 2.17. The van der Waals surface area contributed by atoms with Crippen LogP contribution in [-0.4, -0.2) is 11.2 Å². The summed E-state index contributed by atoms with van der Waals surface area (Å²) in [6.07, 6.45) is 2.49. The predicted octanol–water partition coefficient (Wildman–Crippen LogP) is 2.86. The minimum absolute atomic E-state index is 0.305. The van der Waals surface area contributed by atoms with Gasteiger partial charge in [0.2, 0.25) is 0 Å². The Bertz CT molecular complexity index is 274. The van der Waals surface area contributed by atoms with E-state index in [0.29, 0.717) is 0 Å². The molecule has 0 amide bonds. The lowest BCUT2D eigenvalue weighted by Gasteiger charge is -2.07. The summed E-state index contributed by atoms with van der Waals surface area (Å²) in [5, 5.41) is 9.52. The van der Waals surface area contributed by atoms with Gasteiger partial charge in [-0.15, -0.1) is 0 Å². The van der Waals surface area contributed by atoms with Gasteiger partial charge in [-0.3, -0.25) is 0 Å². The van der Waals surface area contributed by atoms with Gasteiger partial charge in [-0.1, -0.05) is 43.3 Å². The van der Waals surface area contributed by atoms with E-state index < -0.39 is 0 Å². The molecule has 1 N–H and O–H groups in total. The molecule has 0 fully saturated rings. The molecule has 0 aliphatic carbocycles. The Balaban J connectivity index is 2.77. The van der Waals surface area contributed by atoms with Crippen LogP contribution >= 0.6 is 0 Å². The molecule has 13 heavy (non-hydrogen) atoms. The molecule has 1 rings (SSSR count). The van der Waals surface area contributed by atoms with Crippen molar-refractivity contribution in [3.05, 3.63) is 41.5 Å². The Hall–Kier alpha value is -1.08. The van der Waals surface area contributed by atoms with E-state index in [0.717, 1.165) is 17.6 Å². The van der Waals surface area contributed by atoms with E-state index in [9.17, 15) is 5.11 Å². The highest BCUT2D eigenvalue weighted by Crippen LogP contribution is 2.11. The van der Waals surface area contributed by atoms with Crippen molar-refractivity contribution in [1.29, 1.82) is 0 Å². The molecule has 0 heterocycles. The molecule has 1 nitrogen and oxygen atoms in total. The highest BCUT2D eigenvalue weighted by molar-refractivity contribution is 5.52. The SMILES string of the molecule is CC[C@@H](O)C(C)=Cc1ccccc1. The van der Waals surface area contributed by atoms with Crippen molar-refractivity contribution in [2.75, 3.05) is 0 Å². The summed E-state index contributed by atoms with van der Waals surface area (Å²) in [4.78, 5) is 0. The molecule has 0 radical (unpaired) electrons. The van der Waals surface area contributed by atoms with Crippen LogP contribution in [0, 0.1) is 0 Å². The molecule has 0 bridgehead atoms. The number of hydrogen-bond acceptors (Lipinski definition) is 1. The first-order valence-corrected chi connectivity index (χ1v) is 4.65. The van der Waals surface area contributed by atoms with Crippen molar-refractivity contribution in [2.45, 2.75) is 26.4 Å². The lowest BCUT2D eigenvalue weighted by Crippen LogP contribution is -2.05. The van der Waals surface area contributed by atoms with E-state index in [1.54, 1.807) is 0 Å². The van der Waals surface area contributed by atoms with Crippen LogP contribution in [-0.2, 0) is 0 Å². The van der Waals surface area contributed by atoms with Crippen LogP contribution in [0.1, 0.15) is 25.8 Å². The lowest BCUT2D eigenvalue weighted by atomic mass is 10.1. The van der Waals surface area contributed by atoms with E-state index in [1.807, 2.05) is 50.3 Å². The van der Waals surface area contributed by atoms with Crippen molar-refractivity contribution in [2.24, 2.45) is 0 Å². The Labute approximate surface area is 79.7 Å². The van der Waals surface area contributed by atoms with E-state index >= 15 is 0 Å². The molecule has 0 aromatic heterocycles. The smallest absolute Gasteiger partial charge is 0.0748 e. The zero-order valence-corrected chi connectivity index (χ0v) is 8.20. The number of rotatable bonds is 3. The summed E-state index contributed by atoms with van der Waals surface area (Å²) < 4.78 is 0. The summed E-state index contributed by atoms with van der Waals surface area (Å²) in [6, 6.07) is 10.1. The van der Waals surface area contributed by atoms with Crippen molar-refractivity contribution in [1.82, 2.24) is 0 Å². The topological polar surface area (TPSA) is 20.2 Å². The van der Waals surface area contributed by atoms with E-state index in [2.05, 4.69) is 0 Å². The first kappa shape index (κ1) is 10.0. The highest BCUT2D eigenvalue weighted by atomic mass is 16.3. The van der Waals surface area contributed by atoms with Crippen LogP contribution in [0.2, 0.25) is 0 Å². The first-order chi connectivity index (χ1) is 6.24. The quantitative estimate of drug-likeness (QED) is 0.750. The van der Waals surface area contributed by atoms with E-state index in [-0.39, 0.29) is 6.10 Å². The fourth-order valence-electron chi connectivity index (χ4n) is 1.23. The maximum atomic E-state index is 9.52. The summed E-state index contributed by atoms with van der Waals surface area (Å²) in [6.45, 7) is 3.94. The van der Waals surface area contributed by atoms with E-state index in [4.69, 9.17) is 0 Å². The zero-order valence-electron chi connectivity index (χ0n) is 8.20. The fraction of sp³-hybridized carbons (Fsp3) is 0.333. The van der Waals surface area contributed by atoms with Gasteiger partial charge in [0.1, 0.15) is 0 Å². The van der Waals surface area contributed by atoms with Gasteiger partial charge in [-0.25, -0.2) is 0 Å². The molecule has 1 aromatic rings. The minimum atomic E-state index is -0.305. The predicted molar refractivity (Wildman–Crippen MR) is 56.4 cm³/mol. The maximum Gasteiger partial charge on any atom is 0.0748 e. The lowest BCUT2D eigenvalue weighted by molar-refractivity contribution is 0.208. The second-order valence-electron chi connectivity index (χ2n) is 3.22. The Morgan fingerprint density at radius 2 is 2.00 bits per heavy atom. The number of aliphatic hydroxyl groups is 1. The van der Waals surface area contributed by atoms with Gasteiger partial charge in [-0.05, 0) is 24.5 Å². The van der Waals surface area contributed by atoms with Crippen LogP contribution < -0.4 is 0 Å². The van der Waals surface area contributed by atoms with Crippen molar-refractivity contribution in [3.63, 3.8) is 0 Å². The fourth-order valence-corrected chi connectivity index (χ4v) is 1.23. The van der Waals surface area contributed by atoms with Crippen molar-refractivity contribution >= 4 is 6.08 Å².